The second-order valence-corrected chi connectivity index (χ2v) is 5.12. The molecule has 2 heterocycles. The molecule has 1 unspecified atom stereocenters. The van der Waals surface area contributed by atoms with Gasteiger partial charge in [-0.1, -0.05) is 42.8 Å². The van der Waals surface area contributed by atoms with Gasteiger partial charge < -0.3 is 10.3 Å². The smallest absolute Gasteiger partial charge is 0.227 e. The Bertz CT molecular complexity index is 734. The van der Waals surface area contributed by atoms with E-state index in [9.17, 15) is 0 Å². The molecule has 0 spiro atoms. The number of pyridine rings is 1. The molecule has 5 heteroatoms. The Kier molecular flexibility index (Phi) is 3.92. The van der Waals surface area contributed by atoms with Gasteiger partial charge in [-0.05, 0) is 24.6 Å². The summed E-state index contributed by atoms with van der Waals surface area (Å²) in [4.78, 5) is 9.00. The van der Waals surface area contributed by atoms with Crippen molar-refractivity contribution in [2.45, 2.75) is 19.8 Å². The molecule has 0 aliphatic carbocycles. The van der Waals surface area contributed by atoms with Crippen molar-refractivity contribution in [1.82, 2.24) is 15.1 Å². The molecule has 0 fully saturated rings. The van der Waals surface area contributed by atoms with Crippen LogP contribution in [0.2, 0.25) is 0 Å². The summed E-state index contributed by atoms with van der Waals surface area (Å²) in [5.74, 6) is 1.53. The minimum absolute atomic E-state index is 0.378. The van der Waals surface area contributed by atoms with Crippen LogP contribution >= 0.6 is 0 Å². The van der Waals surface area contributed by atoms with Crippen LogP contribution in [-0.4, -0.2) is 21.7 Å². The van der Waals surface area contributed by atoms with Gasteiger partial charge in [0.15, 0.2) is 0 Å². The summed E-state index contributed by atoms with van der Waals surface area (Å²) in [6, 6.07) is 11.9. The lowest BCUT2D eigenvalue weighted by Crippen LogP contribution is -2.15. The van der Waals surface area contributed by atoms with Gasteiger partial charge in [-0.2, -0.15) is 4.98 Å². The first-order chi connectivity index (χ1) is 10.3. The fraction of sp³-hybridized carbons (Fsp3) is 0.312. The lowest BCUT2D eigenvalue weighted by Gasteiger charge is -2.07. The summed E-state index contributed by atoms with van der Waals surface area (Å²) in [7, 11) is 0. The van der Waals surface area contributed by atoms with Crippen molar-refractivity contribution in [3.63, 3.8) is 0 Å². The highest BCUT2D eigenvalue weighted by atomic mass is 16.5. The molecule has 0 amide bonds. The molecular formula is C16H18N4O. The van der Waals surface area contributed by atoms with Crippen LogP contribution in [0, 0.1) is 5.92 Å². The average Bonchev–Trinajstić information content (AvgIpc) is 3.00. The fourth-order valence-corrected chi connectivity index (χ4v) is 2.27. The van der Waals surface area contributed by atoms with Gasteiger partial charge in [0.2, 0.25) is 11.7 Å². The number of para-hydroxylation sites is 1. The Labute approximate surface area is 123 Å². The molecule has 3 aromatic rings. The van der Waals surface area contributed by atoms with E-state index in [1.165, 1.54) is 0 Å². The van der Waals surface area contributed by atoms with Crippen LogP contribution in [0.25, 0.3) is 22.4 Å². The molecule has 0 aliphatic rings. The molecule has 21 heavy (non-hydrogen) atoms. The third kappa shape index (κ3) is 2.92. The molecule has 5 nitrogen and oxygen atoms in total. The van der Waals surface area contributed by atoms with Gasteiger partial charge in [0.25, 0.3) is 0 Å². The Balaban J connectivity index is 1.87. The topological polar surface area (TPSA) is 77.8 Å². The number of hydrogen-bond donors (Lipinski definition) is 1. The van der Waals surface area contributed by atoms with Crippen LogP contribution in [0.5, 0.6) is 0 Å². The van der Waals surface area contributed by atoms with Crippen molar-refractivity contribution in [1.29, 1.82) is 0 Å². The van der Waals surface area contributed by atoms with E-state index < -0.39 is 0 Å². The predicted molar refractivity (Wildman–Crippen MR) is 81.6 cm³/mol. The zero-order chi connectivity index (χ0) is 14.7. The van der Waals surface area contributed by atoms with Gasteiger partial charge in [0, 0.05) is 11.8 Å². The standard InChI is InChI=1S/C16H18N4O/c1-2-11(10-17)9-15-19-16(20-21-15)14-8-7-12-5-3-4-6-13(12)18-14/h3-8,11H,2,9-10,17H2,1H3. The maximum absolute atomic E-state index is 5.71. The number of benzene rings is 1. The van der Waals surface area contributed by atoms with Gasteiger partial charge in [-0.15, -0.1) is 0 Å². The van der Waals surface area contributed by atoms with Crippen molar-refractivity contribution >= 4 is 10.9 Å². The Morgan fingerprint density at radius 1 is 1.14 bits per heavy atom. The monoisotopic (exact) mass is 282 g/mol. The van der Waals surface area contributed by atoms with Crippen LogP contribution in [0.1, 0.15) is 19.2 Å². The predicted octanol–water partition coefficient (Wildman–Crippen LogP) is 2.81. The first-order valence-corrected chi connectivity index (χ1v) is 7.19. The molecule has 2 N–H and O–H groups in total. The third-order valence-electron chi connectivity index (χ3n) is 3.67. The SMILES string of the molecule is CCC(CN)Cc1nc(-c2ccc3ccccc3n2)no1. The van der Waals surface area contributed by atoms with E-state index in [1.807, 2.05) is 36.4 Å². The molecule has 0 saturated heterocycles. The summed E-state index contributed by atoms with van der Waals surface area (Å²) >= 11 is 0. The van der Waals surface area contributed by atoms with E-state index in [0.717, 1.165) is 23.0 Å². The van der Waals surface area contributed by atoms with Crippen molar-refractivity contribution in [3.05, 3.63) is 42.3 Å². The maximum atomic E-state index is 5.71. The molecule has 0 radical (unpaired) electrons. The van der Waals surface area contributed by atoms with Crippen LogP contribution < -0.4 is 5.73 Å². The van der Waals surface area contributed by atoms with Crippen molar-refractivity contribution in [2.75, 3.05) is 6.54 Å². The first-order valence-electron chi connectivity index (χ1n) is 7.19. The zero-order valence-electron chi connectivity index (χ0n) is 12.0. The van der Waals surface area contributed by atoms with E-state index in [0.29, 0.717) is 30.6 Å². The highest BCUT2D eigenvalue weighted by Gasteiger charge is 2.14. The van der Waals surface area contributed by atoms with Gasteiger partial charge in [0.1, 0.15) is 5.69 Å². The summed E-state index contributed by atoms with van der Waals surface area (Å²) < 4.78 is 5.31. The van der Waals surface area contributed by atoms with Gasteiger partial charge in [-0.25, -0.2) is 4.98 Å². The number of fused-ring (bicyclic) bond motifs is 1. The number of hydrogen-bond acceptors (Lipinski definition) is 5. The Hall–Kier alpha value is -2.27. The van der Waals surface area contributed by atoms with Crippen LogP contribution in [0.15, 0.2) is 40.9 Å². The number of aromatic nitrogens is 3. The van der Waals surface area contributed by atoms with Crippen molar-refractivity contribution in [2.24, 2.45) is 11.7 Å². The normalized spacial score (nSPS) is 12.7. The van der Waals surface area contributed by atoms with Crippen molar-refractivity contribution < 1.29 is 4.52 Å². The minimum atomic E-state index is 0.378. The summed E-state index contributed by atoms with van der Waals surface area (Å²) in [6.07, 6.45) is 1.72. The number of nitrogens with two attached hydrogens (primary N) is 1. The van der Waals surface area contributed by atoms with Gasteiger partial charge in [0.05, 0.1) is 5.52 Å². The van der Waals surface area contributed by atoms with E-state index in [2.05, 4.69) is 22.0 Å². The molecule has 3 rings (SSSR count). The number of rotatable bonds is 5. The zero-order valence-corrected chi connectivity index (χ0v) is 12.0. The second kappa shape index (κ2) is 6.01. The lowest BCUT2D eigenvalue weighted by atomic mass is 10.0. The Morgan fingerprint density at radius 2 is 2.00 bits per heavy atom. The van der Waals surface area contributed by atoms with Crippen LogP contribution in [0.3, 0.4) is 0 Å². The Morgan fingerprint density at radius 3 is 2.81 bits per heavy atom. The molecule has 1 atom stereocenters. The maximum Gasteiger partial charge on any atom is 0.227 e. The average molecular weight is 282 g/mol. The van der Waals surface area contributed by atoms with Crippen molar-refractivity contribution in [3.8, 4) is 11.5 Å². The summed E-state index contributed by atoms with van der Waals surface area (Å²) in [6.45, 7) is 2.74. The lowest BCUT2D eigenvalue weighted by molar-refractivity contribution is 0.350. The number of nitrogens with zero attached hydrogens (tertiary/aromatic N) is 3. The third-order valence-corrected chi connectivity index (χ3v) is 3.67. The van der Waals surface area contributed by atoms with Gasteiger partial charge >= 0.3 is 0 Å². The highest BCUT2D eigenvalue weighted by molar-refractivity contribution is 5.80. The van der Waals surface area contributed by atoms with E-state index in [1.54, 1.807) is 0 Å². The van der Waals surface area contributed by atoms with E-state index in [4.69, 9.17) is 10.3 Å². The molecule has 0 bridgehead atoms. The molecule has 1 aromatic carbocycles. The molecular weight excluding hydrogens is 264 g/mol. The molecule has 2 aromatic heterocycles. The van der Waals surface area contributed by atoms with Gasteiger partial charge in [-0.3, -0.25) is 0 Å². The summed E-state index contributed by atoms with van der Waals surface area (Å²) in [5, 5.41) is 5.12. The fourth-order valence-electron chi connectivity index (χ4n) is 2.27. The van der Waals surface area contributed by atoms with E-state index in [-0.39, 0.29) is 0 Å². The molecule has 108 valence electrons. The first kappa shape index (κ1) is 13.7. The second-order valence-electron chi connectivity index (χ2n) is 5.12. The molecule has 0 saturated carbocycles. The largest absolute Gasteiger partial charge is 0.339 e. The van der Waals surface area contributed by atoms with E-state index >= 15 is 0 Å². The highest BCUT2D eigenvalue weighted by Crippen LogP contribution is 2.19. The van der Waals surface area contributed by atoms with Crippen LogP contribution in [0.4, 0.5) is 0 Å². The molecule has 0 aliphatic heterocycles. The summed E-state index contributed by atoms with van der Waals surface area (Å²) in [5.41, 5.74) is 7.36. The quantitative estimate of drug-likeness (QED) is 0.778. The minimum Gasteiger partial charge on any atom is -0.339 e. The van der Waals surface area contributed by atoms with Crippen LogP contribution in [-0.2, 0) is 6.42 Å².